The number of benzene rings is 3. The largest absolute Gasteiger partial charge is 0.432 e. The number of furan rings is 1. The fraction of sp³-hybridized carbons (Fsp3) is 0.0333. The molecule has 6 heteroatoms. The molecule has 0 fully saturated rings. The molecule has 0 spiro atoms. The van der Waals surface area contributed by atoms with E-state index in [2.05, 4.69) is 76.8 Å². The van der Waals surface area contributed by atoms with Gasteiger partial charge in [0.15, 0.2) is 0 Å². The third-order valence-corrected chi connectivity index (χ3v) is 6.73. The molecule has 6 nitrogen and oxygen atoms in total. The summed E-state index contributed by atoms with van der Waals surface area (Å²) in [6.07, 6.45) is 6.54. The predicted molar refractivity (Wildman–Crippen MR) is 135 cm³/mol. The van der Waals surface area contributed by atoms with E-state index in [1.165, 1.54) is 28.6 Å². The molecule has 1 aliphatic rings. The lowest BCUT2D eigenvalue weighted by atomic mass is 9.70. The minimum Gasteiger partial charge on any atom is -0.432 e. The van der Waals surface area contributed by atoms with Gasteiger partial charge in [-0.3, -0.25) is 4.98 Å². The monoisotopic (exact) mass is 468 g/mol. The maximum absolute atomic E-state index is 6.17. The molecule has 7 rings (SSSR count). The number of pyridine rings is 1. The maximum Gasteiger partial charge on any atom is 0.292 e. The minimum absolute atomic E-state index is 0.372. The van der Waals surface area contributed by atoms with E-state index in [-0.39, 0.29) is 0 Å². The van der Waals surface area contributed by atoms with E-state index >= 15 is 0 Å². The summed E-state index contributed by atoms with van der Waals surface area (Å²) in [6, 6.07) is 33.2. The van der Waals surface area contributed by atoms with Crippen LogP contribution in [0.25, 0.3) is 16.8 Å². The number of ether oxygens (including phenoxy) is 1. The van der Waals surface area contributed by atoms with E-state index in [9.17, 15) is 0 Å². The lowest BCUT2D eigenvalue weighted by Crippen LogP contribution is -2.29. The molecule has 0 saturated carbocycles. The van der Waals surface area contributed by atoms with Crippen molar-refractivity contribution in [2.24, 2.45) is 0 Å². The number of hydrogen-bond donors (Lipinski definition) is 0. The summed E-state index contributed by atoms with van der Waals surface area (Å²) in [5.74, 6) is 1.04. The van der Waals surface area contributed by atoms with Crippen molar-refractivity contribution in [3.63, 3.8) is 0 Å². The van der Waals surface area contributed by atoms with E-state index in [1.807, 2.05) is 30.5 Å². The first-order valence-electron chi connectivity index (χ1n) is 11.7. The second-order valence-electron chi connectivity index (χ2n) is 8.65. The van der Waals surface area contributed by atoms with Gasteiger partial charge in [0.25, 0.3) is 5.95 Å². The van der Waals surface area contributed by atoms with Gasteiger partial charge in [-0.05, 0) is 52.1 Å². The lowest BCUT2D eigenvalue weighted by Gasteiger charge is -2.32. The van der Waals surface area contributed by atoms with Crippen molar-refractivity contribution in [3.05, 3.63) is 145 Å². The van der Waals surface area contributed by atoms with Gasteiger partial charge in [-0.1, -0.05) is 66.7 Å². The summed E-state index contributed by atoms with van der Waals surface area (Å²) >= 11 is 0. The molecule has 3 heterocycles. The Labute approximate surface area is 207 Å². The summed E-state index contributed by atoms with van der Waals surface area (Å²) < 4.78 is 13.4. The maximum atomic E-state index is 6.17. The molecule has 0 bridgehead atoms. The number of rotatable bonds is 5. The van der Waals surface area contributed by atoms with Gasteiger partial charge < -0.3 is 9.15 Å². The highest BCUT2D eigenvalue weighted by Crippen LogP contribution is 2.55. The zero-order valence-corrected chi connectivity index (χ0v) is 19.2. The van der Waals surface area contributed by atoms with E-state index in [4.69, 9.17) is 14.1 Å². The van der Waals surface area contributed by atoms with Crippen LogP contribution in [-0.2, 0) is 5.41 Å². The summed E-state index contributed by atoms with van der Waals surface area (Å²) in [5.41, 5.74) is 7.03. The molecule has 0 aliphatic heterocycles. The number of aromatic nitrogens is 4. The molecule has 3 aromatic carbocycles. The smallest absolute Gasteiger partial charge is 0.292 e. The lowest BCUT2D eigenvalue weighted by molar-refractivity contribution is 0.346. The summed E-state index contributed by atoms with van der Waals surface area (Å²) in [4.78, 5) is 8.86. The Bertz CT molecular complexity index is 1630. The topological polar surface area (TPSA) is 66.0 Å². The Balaban J connectivity index is 1.39. The minimum atomic E-state index is -0.580. The SMILES string of the molecule is c1ccc(C2(c3cccc(Oc4cc(-n5cncn5)co4)c3)c3ccccc3-c3ccccc32)nc1. The number of nitrogens with zero attached hydrogens (tertiary/aromatic N) is 4. The molecule has 6 aromatic rings. The molecule has 0 N–H and O–H groups in total. The van der Waals surface area contributed by atoms with Crippen molar-refractivity contribution in [1.29, 1.82) is 0 Å². The Morgan fingerprint density at radius 3 is 2.28 bits per heavy atom. The van der Waals surface area contributed by atoms with Crippen molar-refractivity contribution in [1.82, 2.24) is 19.7 Å². The van der Waals surface area contributed by atoms with Crippen molar-refractivity contribution in [2.45, 2.75) is 5.41 Å². The van der Waals surface area contributed by atoms with Crippen LogP contribution in [0.15, 0.2) is 127 Å². The molecule has 1 aliphatic carbocycles. The molecule has 0 amide bonds. The molecule has 3 aromatic heterocycles. The number of fused-ring (bicyclic) bond motifs is 3. The third-order valence-electron chi connectivity index (χ3n) is 6.73. The zero-order valence-electron chi connectivity index (χ0n) is 19.2. The molecule has 0 radical (unpaired) electrons. The second kappa shape index (κ2) is 8.06. The first kappa shape index (κ1) is 20.4. The molecular formula is C30H20N4O2. The first-order valence-corrected chi connectivity index (χ1v) is 11.7. The van der Waals surface area contributed by atoms with Gasteiger partial charge in [0.1, 0.15) is 30.4 Å². The highest BCUT2D eigenvalue weighted by molar-refractivity contribution is 5.85. The standard InChI is InChI=1S/C30H20N4O2/c1-3-12-26-24(10-1)25-11-2-4-13-27(25)30(26,28-14-5-6-15-32-28)21-8-7-9-23(16-21)36-29-17-22(18-35-29)34-20-31-19-33-34/h1-20H. The van der Waals surface area contributed by atoms with Crippen molar-refractivity contribution in [2.75, 3.05) is 0 Å². The van der Waals surface area contributed by atoms with Gasteiger partial charge in [-0.15, -0.1) is 0 Å². The fourth-order valence-corrected chi connectivity index (χ4v) is 5.29. The zero-order chi connectivity index (χ0) is 24.0. The van der Waals surface area contributed by atoms with E-state index in [0.29, 0.717) is 11.7 Å². The van der Waals surface area contributed by atoms with Crippen LogP contribution in [0.5, 0.6) is 11.7 Å². The van der Waals surface area contributed by atoms with Crippen LogP contribution in [0, 0.1) is 0 Å². The van der Waals surface area contributed by atoms with Crippen molar-refractivity contribution >= 4 is 0 Å². The van der Waals surface area contributed by atoms with Crippen LogP contribution in [-0.4, -0.2) is 19.7 Å². The van der Waals surface area contributed by atoms with E-state index < -0.39 is 5.41 Å². The van der Waals surface area contributed by atoms with Gasteiger partial charge in [0.2, 0.25) is 0 Å². The molecule has 0 unspecified atom stereocenters. The van der Waals surface area contributed by atoms with E-state index in [0.717, 1.165) is 16.9 Å². The average Bonchev–Trinajstić information content (AvgIpc) is 3.68. The van der Waals surface area contributed by atoms with Crippen molar-refractivity contribution < 1.29 is 9.15 Å². The third kappa shape index (κ3) is 3.01. The molecule has 0 atom stereocenters. The van der Waals surface area contributed by atoms with Crippen LogP contribution >= 0.6 is 0 Å². The van der Waals surface area contributed by atoms with Crippen LogP contribution in [0.1, 0.15) is 22.4 Å². The van der Waals surface area contributed by atoms with Crippen LogP contribution in [0.2, 0.25) is 0 Å². The van der Waals surface area contributed by atoms with Crippen LogP contribution in [0.4, 0.5) is 0 Å². The Morgan fingerprint density at radius 1 is 0.778 bits per heavy atom. The quantitative estimate of drug-likeness (QED) is 0.292. The summed E-state index contributed by atoms with van der Waals surface area (Å²) in [7, 11) is 0. The second-order valence-corrected chi connectivity index (χ2v) is 8.65. The van der Waals surface area contributed by atoms with Crippen LogP contribution < -0.4 is 4.74 Å². The van der Waals surface area contributed by atoms with Gasteiger partial charge >= 0.3 is 0 Å². The van der Waals surface area contributed by atoms with Gasteiger partial charge in [-0.25, -0.2) is 9.67 Å². The normalized spacial score (nSPS) is 13.2. The Morgan fingerprint density at radius 2 is 1.56 bits per heavy atom. The molecule has 36 heavy (non-hydrogen) atoms. The van der Waals surface area contributed by atoms with Gasteiger partial charge in [0.05, 0.1) is 11.1 Å². The van der Waals surface area contributed by atoms with E-state index in [1.54, 1.807) is 23.3 Å². The average molecular weight is 469 g/mol. The predicted octanol–water partition coefficient (Wildman–Crippen LogP) is 6.41. The highest BCUT2D eigenvalue weighted by atomic mass is 16.6. The fourth-order valence-electron chi connectivity index (χ4n) is 5.29. The first-order chi connectivity index (χ1) is 17.8. The van der Waals surface area contributed by atoms with Crippen molar-refractivity contribution in [3.8, 4) is 28.5 Å². The molecule has 0 saturated heterocycles. The van der Waals surface area contributed by atoms with Gasteiger partial charge in [0, 0.05) is 12.3 Å². The highest BCUT2D eigenvalue weighted by Gasteiger charge is 2.47. The Hall–Kier alpha value is -4.97. The van der Waals surface area contributed by atoms with Crippen LogP contribution in [0.3, 0.4) is 0 Å². The molecular weight excluding hydrogens is 448 g/mol. The van der Waals surface area contributed by atoms with Gasteiger partial charge in [-0.2, -0.15) is 5.10 Å². The summed E-state index contributed by atoms with van der Waals surface area (Å²) in [5, 5.41) is 4.14. The Kier molecular flexibility index (Phi) is 4.57. The summed E-state index contributed by atoms with van der Waals surface area (Å²) in [6.45, 7) is 0. The number of hydrogen-bond acceptors (Lipinski definition) is 5. The molecule has 172 valence electrons.